The van der Waals surface area contributed by atoms with Crippen LogP contribution < -0.4 is 9.62 Å². The van der Waals surface area contributed by atoms with Crippen LogP contribution in [0.3, 0.4) is 0 Å². The van der Waals surface area contributed by atoms with E-state index in [2.05, 4.69) is 11.4 Å². The van der Waals surface area contributed by atoms with E-state index in [-0.39, 0.29) is 12.5 Å². The Kier molecular flexibility index (Phi) is 7.55. The zero-order valence-electron chi connectivity index (χ0n) is 18.6. The Morgan fingerprint density at radius 2 is 1.71 bits per heavy atom. The predicted molar refractivity (Wildman–Crippen MR) is 127 cm³/mol. The maximum Gasteiger partial charge on any atom is 0.251 e. The molecule has 0 saturated heterocycles. The molecule has 31 heavy (non-hydrogen) atoms. The number of sulfonamides is 1. The molecule has 1 amide bonds. The smallest absolute Gasteiger partial charge is 0.251 e. The number of nitrogens with zero attached hydrogens (tertiary/aromatic N) is 1. The predicted octanol–water partition coefficient (Wildman–Crippen LogP) is 4.89. The van der Waals surface area contributed by atoms with Crippen LogP contribution in [0.5, 0.6) is 0 Å². The Hall–Kier alpha value is -2.60. The molecule has 3 rings (SSSR count). The molecule has 0 spiro atoms. The van der Waals surface area contributed by atoms with E-state index >= 15 is 0 Å². The van der Waals surface area contributed by atoms with Crippen molar-refractivity contribution < 1.29 is 13.2 Å². The van der Waals surface area contributed by atoms with Crippen molar-refractivity contribution in [2.75, 3.05) is 17.1 Å². The highest BCUT2D eigenvalue weighted by molar-refractivity contribution is 7.92. The average molecular weight is 441 g/mol. The van der Waals surface area contributed by atoms with Crippen LogP contribution in [0.4, 0.5) is 5.69 Å². The van der Waals surface area contributed by atoms with Crippen molar-refractivity contribution in [2.24, 2.45) is 0 Å². The molecule has 0 heterocycles. The monoisotopic (exact) mass is 440 g/mol. The fourth-order valence-electron chi connectivity index (χ4n) is 3.99. The molecule has 0 saturated carbocycles. The fraction of sp³-hybridized carbons (Fsp3) is 0.400. The summed E-state index contributed by atoms with van der Waals surface area (Å²) in [7, 11) is -3.45. The highest BCUT2D eigenvalue weighted by Gasteiger charge is 2.19. The van der Waals surface area contributed by atoms with E-state index in [9.17, 15) is 13.2 Å². The number of carbonyl (C=O) groups is 1. The van der Waals surface area contributed by atoms with Crippen molar-refractivity contribution in [3.63, 3.8) is 0 Å². The minimum Gasteiger partial charge on any atom is -0.352 e. The van der Waals surface area contributed by atoms with Crippen LogP contribution >= 0.6 is 0 Å². The summed E-state index contributed by atoms with van der Waals surface area (Å²) in [6.07, 6.45) is 9.22. The van der Waals surface area contributed by atoms with Crippen molar-refractivity contribution in [3.05, 3.63) is 76.4 Å². The van der Waals surface area contributed by atoms with Gasteiger partial charge in [-0.05, 0) is 86.9 Å². The molecule has 6 heteroatoms. The minimum absolute atomic E-state index is 0.0998. The summed E-state index contributed by atoms with van der Waals surface area (Å²) >= 11 is 0. The maximum absolute atomic E-state index is 12.4. The largest absolute Gasteiger partial charge is 0.352 e. The third kappa shape index (κ3) is 6.69. The highest BCUT2D eigenvalue weighted by atomic mass is 32.2. The lowest BCUT2D eigenvalue weighted by atomic mass is 9.97. The number of aryl methyl sites for hydroxylation is 2. The van der Waals surface area contributed by atoms with Crippen LogP contribution in [-0.2, 0) is 16.6 Å². The van der Waals surface area contributed by atoms with Crippen LogP contribution in [0, 0.1) is 13.8 Å². The van der Waals surface area contributed by atoms with Gasteiger partial charge in [0.1, 0.15) is 0 Å². The molecule has 1 aliphatic carbocycles. The number of nitrogens with one attached hydrogen (secondary N) is 1. The van der Waals surface area contributed by atoms with Gasteiger partial charge < -0.3 is 5.32 Å². The van der Waals surface area contributed by atoms with Gasteiger partial charge in [0.05, 0.1) is 18.5 Å². The van der Waals surface area contributed by atoms with Gasteiger partial charge in [0, 0.05) is 12.1 Å². The fourth-order valence-corrected chi connectivity index (χ4v) is 4.86. The second-order valence-corrected chi connectivity index (χ2v) is 10.3. The van der Waals surface area contributed by atoms with E-state index in [1.165, 1.54) is 29.0 Å². The van der Waals surface area contributed by atoms with Crippen LogP contribution in [0.15, 0.2) is 54.1 Å². The summed E-state index contributed by atoms with van der Waals surface area (Å²) in [5, 5.41) is 2.98. The number of carbonyl (C=O) groups excluding carboxylic acids is 1. The Bertz CT molecular complexity index is 1040. The van der Waals surface area contributed by atoms with Gasteiger partial charge in [0.2, 0.25) is 10.0 Å². The van der Waals surface area contributed by atoms with Gasteiger partial charge in [-0.2, -0.15) is 0 Å². The molecule has 0 bridgehead atoms. The van der Waals surface area contributed by atoms with E-state index in [4.69, 9.17) is 0 Å². The molecule has 2 aromatic rings. The maximum atomic E-state index is 12.4. The van der Waals surface area contributed by atoms with Gasteiger partial charge in [0.15, 0.2) is 0 Å². The molecule has 0 fully saturated rings. The number of amides is 1. The SMILES string of the molecule is Cc1cc(C)cc(N(Cc2ccc(C(=O)NCCC3=CCCCC3)cc2)S(C)(=O)=O)c1. The number of anilines is 1. The lowest BCUT2D eigenvalue weighted by Crippen LogP contribution is -2.29. The summed E-state index contributed by atoms with van der Waals surface area (Å²) in [4.78, 5) is 12.4. The van der Waals surface area contributed by atoms with Crippen LogP contribution in [0.2, 0.25) is 0 Å². The zero-order chi connectivity index (χ0) is 22.4. The normalized spacial score (nSPS) is 14.1. The summed E-state index contributed by atoms with van der Waals surface area (Å²) in [6.45, 7) is 4.77. The first-order valence-electron chi connectivity index (χ1n) is 10.8. The van der Waals surface area contributed by atoms with E-state index in [1.807, 2.05) is 44.2 Å². The first-order chi connectivity index (χ1) is 14.7. The standard InChI is InChI=1S/C25H32N2O3S/c1-19-15-20(2)17-24(16-19)27(31(3,29)30)18-22-9-11-23(12-10-22)25(28)26-14-13-21-7-5-4-6-8-21/h7,9-12,15-17H,4-6,8,13-14,18H2,1-3H3,(H,26,28). The van der Waals surface area contributed by atoms with Crippen molar-refractivity contribution in [2.45, 2.75) is 52.5 Å². The molecular formula is C25H32N2O3S. The van der Waals surface area contributed by atoms with Gasteiger partial charge in [-0.25, -0.2) is 8.42 Å². The number of allylic oxidation sites excluding steroid dienone is 1. The molecule has 0 radical (unpaired) electrons. The molecule has 0 aliphatic heterocycles. The summed E-state index contributed by atoms with van der Waals surface area (Å²) in [5.41, 5.74) is 5.53. The topological polar surface area (TPSA) is 66.5 Å². The van der Waals surface area contributed by atoms with Crippen LogP contribution in [0.1, 0.15) is 59.2 Å². The first-order valence-corrected chi connectivity index (χ1v) is 12.7. The van der Waals surface area contributed by atoms with Crippen molar-refractivity contribution >= 4 is 21.6 Å². The highest BCUT2D eigenvalue weighted by Crippen LogP contribution is 2.24. The molecular weight excluding hydrogens is 408 g/mol. The molecule has 0 atom stereocenters. The van der Waals surface area contributed by atoms with Gasteiger partial charge >= 0.3 is 0 Å². The Balaban J connectivity index is 1.65. The third-order valence-corrected chi connectivity index (χ3v) is 6.69. The van der Waals surface area contributed by atoms with Crippen molar-refractivity contribution in [1.82, 2.24) is 5.32 Å². The molecule has 1 N–H and O–H groups in total. The molecule has 166 valence electrons. The van der Waals surface area contributed by atoms with Crippen molar-refractivity contribution in [1.29, 1.82) is 0 Å². The lowest BCUT2D eigenvalue weighted by Gasteiger charge is -2.23. The molecule has 2 aromatic carbocycles. The van der Waals surface area contributed by atoms with Gasteiger partial charge in [0.25, 0.3) is 5.91 Å². The van der Waals surface area contributed by atoms with Crippen LogP contribution in [-0.4, -0.2) is 27.1 Å². The second kappa shape index (κ2) is 10.1. The van der Waals surface area contributed by atoms with Gasteiger partial charge in [-0.1, -0.05) is 29.8 Å². The number of benzene rings is 2. The number of hydrogen-bond acceptors (Lipinski definition) is 3. The Labute approximate surface area is 186 Å². The van der Waals surface area contributed by atoms with Crippen molar-refractivity contribution in [3.8, 4) is 0 Å². The number of hydrogen-bond donors (Lipinski definition) is 1. The number of rotatable bonds is 8. The Morgan fingerprint density at radius 3 is 2.29 bits per heavy atom. The molecule has 5 nitrogen and oxygen atoms in total. The zero-order valence-corrected chi connectivity index (χ0v) is 19.5. The van der Waals surface area contributed by atoms with E-state index in [0.717, 1.165) is 36.0 Å². The minimum atomic E-state index is -3.45. The second-order valence-electron chi connectivity index (χ2n) is 8.43. The Morgan fingerprint density at radius 1 is 1.03 bits per heavy atom. The van der Waals surface area contributed by atoms with Gasteiger partial charge in [-0.3, -0.25) is 9.10 Å². The summed E-state index contributed by atoms with van der Waals surface area (Å²) in [6, 6.07) is 12.9. The molecule has 0 unspecified atom stereocenters. The summed E-state index contributed by atoms with van der Waals surface area (Å²) < 4.78 is 26.3. The van der Waals surface area contributed by atoms with Gasteiger partial charge in [-0.15, -0.1) is 0 Å². The quantitative estimate of drug-likeness (QED) is 0.594. The lowest BCUT2D eigenvalue weighted by molar-refractivity contribution is 0.0954. The summed E-state index contributed by atoms with van der Waals surface area (Å²) in [5.74, 6) is -0.0998. The van der Waals surface area contributed by atoms with E-state index in [0.29, 0.717) is 17.8 Å². The van der Waals surface area contributed by atoms with E-state index < -0.39 is 10.0 Å². The molecule has 0 aromatic heterocycles. The van der Waals surface area contributed by atoms with E-state index in [1.54, 1.807) is 12.1 Å². The average Bonchev–Trinajstić information content (AvgIpc) is 2.71. The first kappa shape index (κ1) is 23.1. The van der Waals surface area contributed by atoms with Crippen LogP contribution in [0.25, 0.3) is 0 Å². The third-order valence-electron chi connectivity index (χ3n) is 5.55. The molecule has 1 aliphatic rings.